The van der Waals surface area contributed by atoms with Gasteiger partial charge < -0.3 is 10.5 Å². The number of benzene rings is 1. The Morgan fingerprint density at radius 2 is 2.05 bits per heavy atom. The molecule has 19 heavy (non-hydrogen) atoms. The van der Waals surface area contributed by atoms with Crippen LogP contribution < -0.4 is 5.73 Å². The van der Waals surface area contributed by atoms with Crippen LogP contribution >= 0.6 is 0 Å². The van der Waals surface area contributed by atoms with E-state index in [2.05, 4.69) is 4.90 Å². The van der Waals surface area contributed by atoms with Gasteiger partial charge in [0.2, 0.25) is 0 Å². The van der Waals surface area contributed by atoms with Gasteiger partial charge in [0.05, 0.1) is 0 Å². The highest BCUT2D eigenvalue weighted by Crippen LogP contribution is 2.21. The molecule has 0 radical (unpaired) electrons. The fraction of sp³-hybridized carbons (Fsp3) is 0.600. The van der Waals surface area contributed by atoms with E-state index < -0.39 is 0 Å². The van der Waals surface area contributed by atoms with E-state index in [0.717, 1.165) is 50.2 Å². The number of hydrogen-bond acceptors (Lipinski definition) is 3. The molecule has 0 aromatic heterocycles. The predicted octanol–water partition coefficient (Wildman–Crippen LogP) is 2.14. The molecule has 2 N–H and O–H groups in total. The second kappa shape index (κ2) is 6.98. The average Bonchev–Trinajstić information content (AvgIpc) is 2.42. The van der Waals surface area contributed by atoms with E-state index in [4.69, 9.17) is 10.5 Å². The third kappa shape index (κ3) is 4.00. The maximum Gasteiger partial charge on any atom is 0.123 e. The van der Waals surface area contributed by atoms with Crippen LogP contribution in [0.15, 0.2) is 18.2 Å². The molecule has 1 aromatic rings. The third-order valence-electron chi connectivity index (χ3n) is 3.89. The van der Waals surface area contributed by atoms with Crippen molar-refractivity contribution in [3.05, 3.63) is 35.1 Å². The maximum atomic E-state index is 13.3. The number of nitrogens with two attached hydrogens (primary N) is 1. The molecule has 0 spiro atoms. The van der Waals surface area contributed by atoms with E-state index in [1.54, 1.807) is 19.2 Å². The number of piperidine rings is 1. The van der Waals surface area contributed by atoms with E-state index in [1.165, 1.54) is 6.07 Å². The fourth-order valence-electron chi connectivity index (χ4n) is 2.73. The summed E-state index contributed by atoms with van der Waals surface area (Å²) in [7, 11) is 1.76. The van der Waals surface area contributed by atoms with Crippen LogP contribution in [-0.2, 0) is 17.8 Å². The quantitative estimate of drug-likeness (QED) is 0.887. The summed E-state index contributed by atoms with van der Waals surface area (Å²) < 4.78 is 18.5. The van der Waals surface area contributed by atoms with Gasteiger partial charge in [0.15, 0.2) is 0 Å². The van der Waals surface area contributed by atoms with Gasteiger partial charge >= 0.3 is 0 Å². The van der Waals surface area contributed by atoms with Gasteiger partial charge in [-0.25, -0.2) is 4.39 Å². The fourth-order valence-corrected chi connectivity index (χ4v) is 2.73. The van der Waals surface area contributed by atoms with Crippen LogP contribution in [0, 0.1) is 11.7 Å². The van der Waals surface area contributed by atoms with Crippen molar-refractivity contribution in [2.24, 2.45) is 11.7 Å². The van der Waals surface area contributed by atoms with Gasteiger partial charge in [0.25, 0.3) is 0 Å². The van der Waals surface area contributed by atoms with Crippen molar-refractivity contribution in [2.75, 3.05) is 26.8 Å². The van der Waals surface area contributed by atoms with Crippen LogP contribution in [0.2, 0.25) is 0 Å². The van der Waals surface area contributed by atoms with Crippen molar-refractivity contribution in [2.45, 2.75) is 25.9 Å². The molecule has 3 nitrogen and oxygen atoms in total. The topological polar surface area (TPSA) is 38.5 Å². The summed E-state index contributed by atoms with van der Waals surface area (Å²) in [5.74, 6) is 0.490. The Morgan fingerprint density at radius 1 is 1.32 bits per heavy atom. The minimum absolute atomic E-state index is 0.179. The van der Waals surface area contributed by atoms with Crippen molar-refractivity contribution in [1.29, 1.82) is 0 Å². The first-order chi connectivity index (χ1) is 9.22. The molecule has 1 heterocycles. The first-order valence-electron chi connectivity index (χ1n) is 6.91. The van der Waals surface area contributed by atoms with Crippen molar-refractivity contribution in [1.82, 2.24) is 4.90 Å². The summed E-state index contributed by atoms with van der Waals surface area (Å²) in [6.07, 6.45) is 2.31. The molecule has 2 rings (SSSR count). The van der Waals surface area contributed by atoms with Crippen LogP contribution in [0.1, 0.15) is 24.0 Å². The molecule has 1 fully saturated rings. The zero-order valence-electron chi connectivity index (χ0n) is 11.6. The van der Waals surface area contributed by atoms with Crippen molar-refractivity contribution in [3.63, 3.8) is 0 Å². The zero-order valence-corrected chi connectivity index (χ0v) is 11.6. The number of hydrogen-bond donors (Lipinski definition) is 1. The lowest BCUT2D eigenvalue weighted by Gasteiger charge is -2.32. The van der Waals surface area contributed by atoms with E-state index in [1.807, 2.05) is 0 Å². The number of halogens is 1. The Labute approximate surface area is 114 Å². The first kappa shape index (κ1) is 14.4. The third-order valence-corrected chi connectivity index (χ3v) is 3.89. The minimum atomic E-state index is -0.179. The lowest BCUT2D eigenvalue weighted by atomic mass is 9.97. The summed E-state index contributed by atoms with van der Waals surface area (Å²) in [5.41, 5.74) is 7.77. The molecular weight excluding hydrogens is 243 g/mol. The highest BCUT2D eigenvalue weighted by Gasteiger charge is 2.19. The highest BCUT2D eigenvalue weighted by atomic mass is 19.1. The van der Waals surface area contributed by atoms with Crippen LogP contribution in [0.3, 0.4) is 0 Å². The molecule has 4 heteroatoms. The zero-order chi connectivity index (χ0) is 13.7. The normalized spacial score (nSPS) is 17.8. The molecule has 0 unspecified atom stereocenters. The number of ether oxygens (including phenoxy) is 1. The largest absolute Gasteiger partial charge is 0.384 e. The van der Waals surface area contributed by atoms with Crippen molar-refractivity contribution >= 4 is 0 Å². The van der Waals surface area contributed by atoms with E-state index in [0.29, 0.717) is 12.5 Å². The van der Waals surface area contributed by atoms with E-state index in [9.17, 15) is 4.39 Å². The summed E-state index contributed by atoms with van der Waals surface area (Å²) in [6, 6.07) is 4.89. The highest BCUT2D eigenvalue weighted by molar-refractivity contribution is 5.27. The van der Waals surface area contributed by atoms with Gasteiger partial charge in [-0.2, -0.15) is 0 Å². The summed E-state index contributed by atoms with van der Waals surface area (Å²) >= 11 is 0. The first-order valence-corrected chi connectivity index (χ1v) is 6.91. The summed E-state index contributed by atoms with van der Waals surface area (Å²) in [5, 5.41) is 0. The average molecular weight is 266 g/mol. The van der Waals surface area contributed by atoms with Crippen molar-refractivity contribution < 1.29 is 9.13 Å². The van der Waals surface area contributed by atoms with Crippen molar-refractivity contribution in [3.8, 4) is 0 Å². The number of nitrogens with zero attached hydrogens (tertiary/aromatic N) is 1. The van der Waals surface area contributed by atoms with E-state index in [-0.39, 0.29) is 5.82 Å². The van der Waals surface area contributed by atoms with Crippen LogP contribution in [-0.4, -0.2) is 31.7 Å². The monoisotopic (exact) mass is 266 g/mol. The summed E-state index contributed by atoms with van der Waals surface area (Å²) in [6.45, 7) is 4.21. The predicted molar refractivity (Wildman–Crippen MR) is 74.2 cm³/mol. The second-order valence-corrected chi connectivity index (χ2v) is 5.29. The molecular formula is C15H23FN2O. The van der Waals surface area contributed by atoms with Gasteiger partial charge in [0, 0.05) is 26.8 Å². The standard InChI is InChI=1S/C15H23FN2O/c1-19-11-12-4-6-18(7-5-12)10-14-8-15(16)3-2-13(14)9-17/h2-3,8,12H,4-7,9-11,17H2,1H3. The number of rotatable bonds is 5. The molecule has 0 amide bonds. The smallest absolute Gasteiger partial charge is 0.123 e. The van der Waals surface area contributed by atoms with Crippen LogP contribution in [0.5, 0.6) is 0 Å². The lowest BCUT2D eigenvalue weighted by molar-refractivity contribution is 0.0967. The molecule has 0 saturated carbocycles. The molecule has 106 valence electrons. The number of methoxy groups -OCH3 is 1. The van der Waals surface area contributed by atoms with Gasteiger partial charge in [-0.15, -0.1) is 0 Å². The van der Waals surface area contributed by atoms with Gasteiger partial charge in [-0.05, 0) is 55.1 Å². The molecule has 1 aromatic carbocycles. The Kier molecular flexibility index (Phi) is 5.31. The molecule has 0 bridgehead atoms. The molecule has 1 saturated heterocycles. The molecule has 0 aliphatic carbocycles. The Hall–Kier alpha value is -0.970. The molecule has 1 aliphatic rings. The second-order valence-electron chi connectivity index (χ2n) is 5.29. The van der Waals surface area contributed by atoms with Crippen LogP contribution in [0.25, 0.3) is 0 Å². The van der Waals surface area contributed by atoms with Gasteiger partial charge in [0.1, 0.15) is 5.82 Å². The Bertz CT molecular complexity index is 403. The minimum Gasteiger partial charge on any atom is -0.384 e. The van der Waals surface area contributed by atoms with Gasteiger partial charge in [-0.1, -0.05) is 6.07 Å². The Morgan fingerprint density at radius 3 is 2.68 bits per heavy atom. The molecule has 1 aliphatic heterocycles. The molecule has 0 atom stereocenters. The number of likely N-dealkylation sites (tertiary alicyclic amines) is 1. The lowest BCUT2D eigenvalue weighted by Crippen LogP contribution is -2.34. The summed E-state index contributed by atoms with van der Waals surface area (Å²) in [4.78, 5) is 2.38. The van der Waals surface area contributed by atoms with Crippen LogP contribution in [0.4, 0.5) is 4.39 Å². The Balaban J connectivity index is 1.93. The maximum absolute atomic E-state index is 13.3. The van der Waals surface area contributed by atoms with E-state index >= 15 is 0 Å². The van der Waals surface area contributed by atoms with Gasteiger partial charge in [-0.3, -0.25) is 4.90 Å². The SMILES string of the molecule is COCC1CCN(Cc2cc(F)ccc2CN)CC1.